The van der Waals surface area contributed by atoms with E-state index in [0.29, 0.717) is 12.1 Å². The highest BCUT2D eigenvalue weighted by Crippen LogP contribution is 2.27. The van der Waals surface area contributed by atoms with Gasteiger partial charge in [-0.1, -0.05) is 23.8 Å². The maximum atomic E-state index is 11.0. The summed E-state index contributed by atoms with van der Waals surface area (Å²) >= 11 is 0. The second kappa shape index (κ2) is 6.40. The van der Waals surface area contributed by atoms with Crippen LogP contribution in [-0.2, 0) is 4.79 Å². The number of benzene rings is 1. The van der Waals surface area contributed by atoms with Crippen molar-refractivity contribution in [2.45, 2.75) is 58.5 Å². The van der Waals surface area contributed by atoms with Crippen LogP contribution in [-0.4, -0.2) is 17.1 Å². The summed E-state index contributed by atoms with van der Waals surface area (Å²) < 4.78 is 0. The SMILES string of the molecule is Cc1ccc(C)c(C(C)NC2CCC(C(=O)O)CC2)c1. The fourth-order valence-electron chi connectivity index (χ4n) is 3.18. The number of hydrogen-bond acceptors (Lipinski definition) is 2. The molecule has 0 aromatic heterocycles. The predicted molar refractivity (Wildman–Crippen MR) is 80.8 cm³/mol. The second-order valence-electron chi connectivity index (χ2n) is 6.14. The first-order valence-electron chi connectivity index (χ1n) is 7.53. The number of carboxylic acid groups (broad SMARTS) is 1. The first-order chi connectivity index (χ1) is 9.47. The van der Waals surface area contributed by atoms with Crippen LogP contribution in [0, 0.1) is 19.8 Å². The Labute approximate surface area is 121 Å². The van der Waals surface area contributed by atoms with Gasteiger partial charge in [0.2, 0.25) is 0 Å². The molecule has 2 N–H and O–H groups in total. The van der Waals surface area contributed by atoms with E-state index in [1.165, 1.54) is 16.7 Å². The largest absolute Gasteiger partial charge is 0.481 e. The third kappa shape index (κ3) is 3.60. The Kier molecular flexibility index (Phi) is 4.81. The average molecular weight is 275 g/mol. The first-order valence-corrected chi connectivity index (χ1v) is 7.53. The van der Waals surface area contributed by atoms with Crippen LogP contribution in [0.15, 0.2) is 18.2 Å². The van der Waals surface area contributed by atoms with Gasteiger partial charge in [-0.15, -0.1) is 0 Å². The second-order valence-corrected chi connectivity index (χ2v) is 6.14. The highest BCUT2D eigenvalue weighted by Gasteiger charge is 2.26. The number of hydrogen-bond donors (Lipinski definition) is 2. The van der Waals surface area contributed by atoms with Crippen LogP contribution in [0.2, 0.25) is 0 Å². The number of nitrogens with one attached hydrogen (secondary N) is 1. The molecule has 1 unspecified atom stereocenters. The van der Waals surface area contributed by atoms with Crippen LogP contribution in [0.5, 0.6) is 0 Å². The molecule has 3 heteroatoms. The number of rotatable bonds is 4. The smallest absolute Gasteiger partial charge is 0.306 e. The molecule has 0 radical (unpaired) electrons. The Hall–Kier alpha value is -1.35. The summed E-state index contributed by atoms with van der Waals surface area (Å²) in [5.74, 6) is -0.768. The molecule has 1 saturated carbocycles. The molecule has 0 aliphatic heterocycles. The summed E-state index contributed by atoms with van der Waals surface area (Å²) in [6.07, 6.45) is 3.53. The zero-order valence-electron chi connectivity index (χ0n) is 12.6. The van der Waals surface area contributed by atoms with Gasteiger partial charge in [0.25, 0.3) is 0 Å². The Balaban J connectivity index is 1.94. The number of aryl methyl sites for hydroxylation is 2. The van der Waals surface area contributed by atoms with E-state index >= 15 is 0 Å². The molecule has 110 valence electrons. The van der Waals surface area contributed by atoms with Crippen molar-refractivity contribution in [3.05, 3.63) is 34.9 Å². The van der Waals surface area contributed by atoms with Crippen molar-refractivity contribution < 1.29 is 9.90 Å². The van der Waals surface area contributed by atoms with Crippen molar-refractivity contribution in [3.63, 3.8) is 0 Å². The molecule has 3 nitrogen and oxygen atoms in total. The van der Waals surface area contributed by atoms with Crippen LogP contribution in [0.1, 0.15) is 55.3 Å². The van der Waals surface area contributed by atoms with Crippen LogP contribution in [0.3, 0.4) is 0 Å². The molecule has 1 aromatic carbocycles. The van der Waals surface area contributed by atoms with Crippen LogP contribution >= 0.6 is 0 Å². The lowest BCUT2D eigenvalue weighted by molar-refractivity contribution is -0.142. The molecule has 0 heterocycles. The van der Waals surface area contributed by atoms with Gasteiger partial charge >= 0.3 is 5.97 Å². The van der Waals surface area contributed by atoms with Gasteiger partial charge in [0.1, 0.15) is 0 Å². The number of aliphatic carboxylic acids is 1. The van der Waals surface area contributed by atoms with E-state index in [4.69, 9.17) is 5.11 Å². The molecule has 20 heavy (non-hydrogen) atoms. The molecule has 0 bridgehead atoms. The molecule has 2 rings (SSSR count). The van der Waals surface area contributed by atoms with Crippen LogP contribution in [0.25, 0.3) is 0 Å². The first kappa shape index (κ1) is 15.0. The topological polar surface area (TPSA) is 49.3 Å². The summed E-state index contributed by atoms with van der Waals surface area (Å²) in [7, 11) is 0. The third-order valence-corrected chi connectivity index (χ3v) is 4.46. The van der Waals surface area contributed by atoms with Crippen molar-refractivity contribution in [3.8, 4) is 0 Å². The Bertz CT molecular complexity index is 476. The van der Waals surface area contributed by atoms with E-state index < -0.39 is 5.97 Å². The van der Waals surface area contributed by atoms with Crippen LogP contribution < -0.4 is 5.32 Å². The highest BCUT2D eigenvalue weighted by atomic mass is 16.4. The number of carbonyl (C=O) groups is 1. The van der Waals surface area contributed by atoms with E-state index in [0.717, 1.165) is 25.7 Å². The normalized spacial score (nSPS) is 24.4. The molecule has 1 fully saturated rings. The van der Waals surface area contributed by atoms with Gasteiger partial charge in [0, 0.05) is 12.1 Å². The fraction of sp³-hybridized carbons (Fsp3) is 0.588. The van der Waals surface area contributed by atoms with Gasteiger partial charge < -0.3 is 10.4 Å². The zero-order valence-corrected chi connectivity index (χ0v) is 12.6. The minimum Gasteiger partial charge on any atom is -0.481 e. The van der Waals surface area contributed by atoms with Crippen molar-refractivity contribution in [1.29, 1.82) is 0 Å². The summed E-state index contributed by atoms with van der Waals surface area (Å²) in [4.78, 5) is 11.0. The van der Waals surface area contributed by atoms with Gasteiger partial charge in [-0.2, -0.15) is 0 Å². The zero-order chi connectivity index (χ0) is 14.7. The lowest BCUT2D eigenvalue weighted by Gasteiger charge is -2.30. The van der Waals surface area contributed by atoms with Gasteiger partial charge in [-0.05, 0) is 57.6 Å². The van der Waals surface area contributed by atoms with Gasteiger partial charge in [0.15, 0.2) is 0 Å². The summed E-state index contributed by atoms with van der Waals surface area (Å²) in [6, 6.07) is 7.32. The lowest BCUT2D eigenvalue weighted by atomic mass is 9.85. The Morgan fingerprint density at radius 2 is 1.90 bits per heavy atom. The summed E-state index contributed by atoms with van der Waals surface area (Å²) in [6.45, 7) is 6.47. The molecule has 1 aromatic rings. The van der Waals surface area contributed by atoms with E-state index in [2.05, 4.69) is 44.3 Å². The van der Waals surface area contributed by atoms with E-state index in [1.54, 1.807) is 0 Å². The molecule has 0 amide bonds. The quantitative estimate of drug-likeness (QED) is 0.882. The number of carboxylic acids is 1. The lowest BCUT2D eigenvalue weighted by Crippen LogP contribution is -2.36. The van der Waals surface area contributed by atoms with Gasteiger partial charge in [-0.3, -0.25) is 4.79 Å². The standard InChI is InChI=1S/C17H25NO2/c1-11-4-5-12(2)16(10-11)13(3)18-15-8-6-14(7-9-15)17(19)20/h4-5,10,13-15,18H,6-9H2,1-3H3,(H,19,20). The summed E-state index contributed by atoms with van der Waals surface area (Å²) in [5.41, 5.74) is 3.95. The van der Waals surface area contributed by atoms with Crippen LogP contribution in [0.4, 0.5) is 0 Å². The molecule has 0 spiro atoms. The van der Waals surface area contributed by atoms with Gasteiger partial charge in [-0.25, -0.2) is 0 Å². The maximum absolute atomic E-state index is 11.0. The molecule has 1 aliphatic rings. The minimum atomic E-state index is -0.633. The minimum absolute atomic E-state index is 0.135. The average Bonchev–Trinajstić information content (AvgIpc) is 2.42. The Morgan fingerprint density at radius 3 is 2.50 bits per heavy atom. The fourth-order valence-corrected chi connectivity index (χ4v) is 3.18. The molecular formula is C17H25NO2. The highest BCUT2D eigenvalue weighted by molar-refractivity contribution is 5.70. The van der Waals surface area contributed by atoms with Crippen molar-refractivity contribution in [2.24, 2.45) is 5.92 Å². The molecular weight excluding hydrogens is 250 g/mol. The molecule has 1 aliphatic carbocycles. The van der Waals surface area contributed by atoms with Crippen molar-refractivity contribution in [2.75, 3.05) is 0 Å². The third-order valence-electron chi connectivity index (χ3n) is 4.46. The van der Waals surface area contributed by atoms with Crippen molar-refractivity contribution in [1.82, 2.24) is 5.32 Å². The molecule has 1 atom stereocenters. The monoisotopic (exact) mass is 275 g/mol. The van der Waals surface area contributed by atoms with Gasteiger partial charge in [0.05, 0.1) is 5.92 Å². The van der Waals surface area contributed by atoms with Crippen molar-refractivity contribution >= 4 is 5.97 Å². The van der Waals surface area contributed by atoms with E-state index in [9.17, 15) is 4.79 Å². The van der Waals surface area contributed by atoms with E-state index in [-0.39, 0.29) is 5.92 Å². The van der Waals surface area contributed by atoms with E-state index in [1.807, 2.05) is 0 Å². The Morgan fingerprint density at radius 1 is 1.25 bits per heavy atom. The predicted octanol–water partition coefficient (Wildman–Crippen LogP) is 3.60. The summed E-state index contributed by atoms with van der Waals surface area (Å²) in [5, 5.41) is 12.7. The maximum Gasteiger partial charge on any atom is 0.306 e. The molecule has 0 saturated heterocycles.